The molecule has 0 saturated carbocycles. The van der Waals surface area contributed by atoms with E-state index in [9.17, 15) is 0 Å². The first-order chi connectivity index (χ1) is 11.7. The number of aryl methyl sites for hydroxylation is 2. The maximum atomic E-state index is 9.16. The average Bonchev–Trinajstić information content (AvgIpc) is 2.59. The van der Waals surface area contributed by atoms with Crippen LogP contribution < -0.4 is 10.6 Å². The zero-order valence-corrected chi connectivity index (χ0v) is 13.4. The molecule has 0 atom stereocenters. The summed E-state index contributed by atoms with van der Waals surface area (Å²) >= 11 is 0. The Morgan fingerprint density at radius 1 is 0.958 bits per heavy atom. The molecule has 0 amide bonds. The van der Waals surface area contributed by atoms with Crippen LogP contribution in [0.15, 0.2) is 48.7 Å². The van der Waals surface area contributed by atoms with Crippen molar-refractivity contribution in [1.29, 1.82) is 5.26 Å². The molecule has 2 aromatic carbocycles. The van der Waals surface area contributed by atoms with Gasteiger partial charge in [-0.05, 0) is 37.1 Å². The number of hydrogen-bond acceptors (Lipinski definition) is 6. The third kappa shape index (κ3) is 3.31. The van der Waals surface area contributed by atoms with Gasteiger partial charge in [0.25, 0.3) is 0 Å². The Hall–Kier alpha value is -3.46. The van der Waals surface area contributed by atoms with Crippen LogP contribution in [-0.2, 0) is 0 Å². The Balaban J connectivity index is 1.86. The lowest BCUT2D eigenvalue weighted by Gasteiger charge is -2.12. The van der Waals surface area contributed by atoms with E-state index in [-0.39, 0.29) is 0 Å². The van der Waals surface area contributed by atoms with E-state index in [0.717, 1.165) is 16.8 Å². The standard InChI is InChI=1S/C18H16N6/c1-12-6-5-7-13(2)17(12)23-18-22-16(11-20-24-18)21-15-9-4-3-8-14(15)10-19/h3-9,11H,1-2H3,(H2,21,22,23,24). The molecular weight excluding hydrogens is 300 g/mol. The number of aromatic nitrogens is 3. The average molecular weight is 316 g/mol. The third-order valence-electron chi connectivity index (χ3n) is 3.59. The number of benzene rings is 2. The highest BCUT2D eigenvalue weighted by molar-refractivity contribution is 5.66. The van der Waals surface area contributed by atoms with Crippen LogP contribution in [0.4, 0.5) is 23.1 Å². The molecule has 0 fully saturated rings. The van der Waals surface area contributed by atoms with Gasteiger partial charge in [-0.2, -0.15) is 15.3 Å². The largest absolute Gasteiger partial charge is 0.338 e. The minimum atomic E-state index is 0.395. The molecule has 3 aromatic rings. The fourth-order valence-corrected chi connectivity index (χ4v) is 2.37. The van der Waals surface area contributed by atoms with Gasteiger partial charge in [0.2, 0.25) is 5.95 Å². The maximum absolute atomic E-state index is 9.16. The molecule has 118 valence electrons. The number of nitrogens with one attached hydrogen (secondary N) is 2. The predicted octanol–water partition coefficient (Wildman–Crippen LogP) is 3.85. The summed E-state index contributed by atoms with van der Waals surface area (Å²) < 4.78 is 0. The molecule has 3 rings (SSSR count). The summed E-state index contributed by atoms with van der Waals surface area (Å²) in [5, 5.41) is 23.5. The van der Waals surface area contributed by atoms with Crippen LogP contribution in [0.5, 0.6) is 0 Å². The summed E-state index contributed by atoms with van der Waals surface area (Å²) in [4.78, 5) is 4.42. The molecule has 2 N–H and O–H groups in total. The quantitative estimate of drug-likeness (QED) is 0.760. The highest BCUT2D eigenvalue weighted by Crippen LogP contribution is 2.23. The van der Waals surface area contributed by atoms with E-state index in [4.69, 9.17) is 5.26 Å². The van der Waals surface area contributed by atoms with Gasteiger partial charge in [-0.3, -0.25) is 0 Å². The molecule has 0 unspecified atom stereocenters. The van der Waals surface area contributed by atoms with Crippen LogP contribution in [-0.4, -0.2) is 15.2 Å². The van der Waals surface area contributed by atoms with Crippen LogP contribution in [0.1, 0.15) is 16.7 Å². The highest BCUT2D eigenvalue weighted by Gasteiger charge is 2.07. The number of hydrogen-bond donors (Lipinski definition) is 2. The van der Waals surface area contributed by atoms with Crippen molar-refractivity contribution in [2.24, 2.45) is 0 Å². The molecular formula is C18H16N6. The second-order valence-corrected chi connectivity index (χ2v) is 5.34. The van der Waals surface area contributed by atoms with Crippen LogP contribution in [0.25, 0.3) is 0 Å². The SMILES string of the molecule is Cc1cccc(C)c1Nc1nncc(Nc2ccccc2C#N)n1. The molecule has 24 heavy (non-hydrogen) atoms. The van der Waals surface area contributed by atoms with Crippen molar-refractivity contribution in [3.63, 3.8) is 0 Å². The number of rotatable bonds is 4. The third-order valence-corrected chi connectivity index (χ3v) is 3.59. The minimum Gasteiger partial charge on any atom is -0.338 e. The van der Waals surface area contributed by atoms with Crippen molar-refractivity contribution in [3.05, 3.63) is 65.4 Å². The van der Waals surface area contributed by atoms with Gasteiger partial charge in [-0.15, -0.1) is 5.10 Å². The lowest BCUT2D eigenvalue weighted by atomic mass is 10.1. The van der Waals surface area contributed by atoms with Crippen LogP contribution >= 0.6 is 0 Å². The van der Waals surface area contributed by atoms with E-state index >= 15 is 0 Å². The number of para-hydroxylation sites is 2. The monoisotopic (exact) mass is 316 g/mol. The van der Waals surface area contributed by atoms with Crippen molar-refractivity contribution < 1.29 is 0 Å². The van der Waals surface area contributed by atoms with E-state index in [0.29, 0.717) is 23.0 Å². The number of nitriles is 1. The zero-order chi connectivity index (χ0) is 16.9. The van der Waals surface area contributed by atoms with E-state index < -0.39 is 0 Å². The minimum absolute atomic E-state index is 0.395. The zero-order valence-electron chi connectivity index (χ0n) is 13.4. The lowest BCUT2D eigenvalue weighted by molar-refractivity contribution is 0.981. The molecule has 1 heterocycles. The molecule has 0 spiro atoms. The Morgan fingerprint density at radius 2 is 1.71 bits per heavy atom. The van der Waals surface area contributed by atoms with Crippen molar-refractivity contribution >= 4 is 23.1 Å². The van der Waals surface area contributed by atoms with Crippen molar-refractivity contribution in [2.45, 2.75) is 13.8 Å². The molecule has 0 bridgehead atoms. The first-order valence-corrected chi connectivity index (χ1v) is 7.46. The molecule has 0 aliphatic carbocycles. The smallest absolute Gasteiger partial charge is 0.249 e. The van der Waals surface area contributed by atoms with Gasteiger partial charge in [0.1, 0.15) is 6.07 Å². The topological polar surface area (TPSA) is 86.5 Å². The predicted molar refractivity (Wildman–Crippen MR) is 93.5 cm³/mol. The second-order valence-electron chi connectivity index (χ2n) is 5.34. The summed E-state index contributed by atoms with van der Waals surface area (Å²) in [7, 11) is 0. The van der Waals surface area contributed by atoms with Gasteiger partial charge in [0.05, 0.1) is 17.4 Å². The Morgan fingerprint density at radius 3 is 2.46 bits per heavy atom. The van der Waals surface area contributed by atoms with E-state index in [1.54, 1.807) is 6.07 Å². The first kappa shape index (κ1) is 15.4. The van der Waals surface area contributed by atoms with Gasteiger partial charge < -0.3 is 10.6 Å². The number of nitrogens with zero attached hydrogens (tertiary/aromatic N) is 4. The molecule has 6 heteroatoms. The molecule has 0 aliphatic rings. The number of anilines is 4. The Kier molecular flexibility index (Phi) is 4.34. The van der Waals surface area contributed by atoms with Gasteiger partial charge in [0.15, 0.2) is 5.82 Å². The first-order valence-electron chi connectivity index (χ1n) is 7.46. The highest BCUT2D eigenvalue weighted by atomic mass is 15.3. The van der Waals surface area contributed by atoms with Crippen LogP contribution in [0.3, 0.4) is 0 Å². The van der Waals surface area contributed by atoms with E-state index in [1.165, 1.54) is 6.20 Å². The summed E-state index contributed by atoms with van der Waals surface area (Å²) in [5.74, 6) is 0.910. The van der Waals surface area contributed by atoms with Gasteiger partial charge in [-0.1, -0.05) is 30.3 Å². The summed E-state index contributed by atoms with van der Waals surface area (Å²) in [6.07, 6.45) is 1.52. The molecule has 0 saturated heterocycles. The van der Waals surface area contributed by atoms with Crippen molar-refractivity contribution in [3.8, 4) is 6.07 Å². The normalized spacial score (nSPS) is 10.0. The van der Waals surface area contributed by atoms with Crippen molar-refractivity contribution in [1.82, 2.24) is 15.2 Å². The van der Waals surface area contributed by atoms with E-state index in [2.05, 4.69) is 31.9 Å². The van der Waals surface area contributed by atoms with Gasteiger partial charge in [-0.25, -0.2) is 0 Å². The van der Waals surface area contributed by atoms with Gasteiger partial charge >= 0.3 is 0 Å². The molecule has 1 aromatic heterocycles. The summed E-state index contributed by atoms with van der Waals surface area (Å²) in [6.45, 7) is 4.04. The lowest BCUT2D eigenvalue weighted by Crippen LogP contribution is -2.04. The molecule has 6 nitrogen and oxygen atoms in total. The Labute approximate surface area is 140 Å². The molecule has 0 radical (unpaired) electrons. The Bertz CT molecular complexity index is 893. The fraction of sp³-hybridized carbons (Fsp3) is 0.111. The van der Waals surface area contributed by atoms with E-state index in [1.807, 2.05) is 50.2 Å². The van der Waals surface area contributed by atoms with Gasteiger partial charge in [0, 0.05) is 5.69 Å². The maximum Gasteiger partial charge on any atom is 0.249 e. The molecule has 0 aliphatic heterocycles. The summed E-state index contributed by atoms with van der Waals surface area (Å²) in [6, 6.07) is 15.4. The second kappa shape index (κ2) is 6.75. The summed E-state index contributed by atoms with van der Waals surface area (Å²) in [5.41, 5.74) is 4.39. The van der Waals surface area contributed by atoms with Crippen molar-refractivity contribution in [2.75, 3.05) is 10.6 Å². The van der Waals surface area contributed by atoms with Crippen LogP contribution in [0, 0.1) is 25.2 Å². The fourth-order valence-electron chi connectivity index (χ4n) is 2.37. The van der Waals surface area contributed by atoms with Crippen LogP contribution in [0.2, 0.25) is 0 Å².